The summed E-state index contributed by atoms with van der Waals surface area (Å²) in [5, 5.41) is 120. The van der Waals surface area contributed by atoms with Crippen LogP contribution in [0.25, 0.3) is 0 Å². The number of amides is 1. The summed E-state index contributed by atoms with van der Waals surface area (Å²) in [6.07, 6.45) is 34.1. The highest BCUT2D eigenvalue weighted by Crippen LogP contribution is 2.33. The molecule has 3 heterocycles. The van der Waals surface area contributed by atoms with Crippen molar-refractivity contribution in [1.82, 2.24) is 5.32 Å². The van der Waals surface area contributed by atoms with Crippen LogP contribution in [0.5, 0.6) is 0 Å². The Morgan fingerprint density at radius 1 is 0.435 bits per heavy atom. The molecule has 85 heavy (non-hydrogen) atoms. The fraction of sp³-hybridized carbons (Fsp3) is 0.742. The molecular formula is C66H111NO18. The molecule has 0 aromatic heterocycles. The zero-order valence-corrected chi connectivity index (χ0v) is 51.0. The van der Waals surface area contributed by atoms with Crippen LogP contribution in [0.3, 0.4) is 0 Å². The first kappa shape index (κ1) is 76.0. The molecule has 0 aliphatic carbocycles. The van der Waals surface area contributed by atoms with Gasteiger partial charge in [0.05, 0.1) is 38.6 Å². The molecule has 12 N–H and O–H groups in total. The van der Waals surface area contributed by atoms with E-state index >= 15 is 0 Å². The number of ether oxygens (including phenoxy) is 6. The highest BCUT2D eigenvalue weighted by Gasteiger charge is 2.53. The minimum atomic E-state index is -1.99. The average molecular weight is 1210 g/mol. The molecule has 0 spiro atoms. The highest BCUT2D eigenvalue weighted by molar-refractivity contribution is 5.76. The number of nitrogens with one attached hydrogen (secondary N) is 1. The zero-order valence-electron chi connectivity index (χ0n) is 51.0. The molecule has 0 saturated carbocycles. The molecule has 17 atom stereocenters. The number of rotatable bonds is 46. The van der Waals surface area contributed by atoms with Gasteiger partial charge in [-0.15, -0.1) is 0 Å². The van der Waals surface area contributed by atoms with Gasteiger partial charge >= 0.3 is 0 Å². The Kier molecular flexibility index (Phi) is 42.6. The zero-order chi connectivity index (χ0) is 61.9. The molecule has 19 heteroatoms. The van der Waals surface area contributed by atoms with Crippen molar-refractivity contribution in [1.29, 1.82) is 0 Å². The predicted molar refractivity (Wildman–Crippen MR) is 327 cm³/mol. The van der Waals surface area contributed by atoms with Crippen molar-refractivity contribution < 1.29 is 89.4 Å². The average Bonchev–Trinajstić information content (AvgIpc) is 3.05. The van der Waals surface area contributed by atoms with Crippen LogP contribution in [0.15, 0.2) is 97.2 Å². The van der Waals surface area contributed by atoms with Gasteiger partial charge in [0.15, 0.2) is 18.9 Å². The lowest BCUT2D eigenvalue weighted by Crippen LogP contribution is -2.66. The van der Waals surface area contributed by atoms with E-state index in [0.717, 1.165) is 96.3 Å². The second-order valence-corrected chi connectivity index (χ2v) is 22.5. The van der Waals surface area contributed by atoms with Crippen LogP contribution in [0, 0.1) is 0 Å². The van der Waals surface area contributed by atoms with E-state index in [9.17, 15) is 61.0 Å². The molecule has 3 fully saturated rings. The summed E-state index contributed by atoms with van der Waals surface area (Å²) in [6.45, 7) is 1.48. The topological polar surface area (TPSA) is 307 Å². The third-order valence-electron chi connectivity index (χ3n) is 15.3. The van der Waals surface area contributed by atoms with Crippen molar-refractivity contribution in [3.05, 3.63) is 97.2 Å². The van der Waals surface area contributed by atoms with Gasteiger partial charge in [0.1, 0.15) is 73.2 Å². The van der Waals surface area contributed by atoms with Crippen molar-refractivity contribution in [3.63, 3.8) is 0 Å². The van der Waals surface area contributed by atoms with E-state index in [-0.39, 0.29) is 18.9 Å². The maximum Gasteiger partial charge on any atom is 0.220 e. The summed E-state index contributed by atoms with van der Waals surface area (Å²) in [5.74, 6) is -0.298. The smallest absolute Gasteiger partial charge is 0.220 e. The summed E-state index contributed by atoms with van der Waals surface area (Å²) < 4.78 is 34.2. The SMILES string of the molecule is CC/C=C\C/C=C\C/C=C\C/C=C\C/C=C\CCCCCCCCCCCCCCCC(=O)NC(COC1OC(CO)C(OC2OC(CO)C(OC3OC(CO)C(O)C(O)C3O)C(O)C2O)C(O)C1O)C(O)/C=C/CC/C=C/CC/C=C/CCC. The van der Waals surface area contributed by atoms with Gasteiger partial charge in [-0.2, -0.15) is 0 Å². The largest absolute Gasteiger partial charge is 0.394 e. The van der Waals surface area contributed by atoms with Gasteiger partial charge in [-0.3, -0.25) is 4.79 Å². The summed E-state index contributed by atoms with van der Waals surface area (Å²) in [5.41, 5.74) is 0. The minimum Gasteiger partial charge on any atom is -0.394 e. The Bertz CT molecular complexity index is 1920. The Morgan fingerprint density at radius 3 is 1.31 bits per heavy atom. The van der Waals surface area contributed by atoms with E-state index in [1.165, 1.54) is 51.4 Å². The van der Waals surface area contributed by atoms with E-state index in [2.05, 4.69) is 104 Å². The Labute approximate surface area is 507 Å². The molecule has 19 nitrogen and oxygen atoms in total. The normalized spacial score (nSPS) is 29.6. The lowest BCUT2D eigenvalue weighted by Gasteiger charge is -2.48. The lowest BCUT2D eigenvalue weighted by molar-refractivity contribution is -0.379. The summed E-state index contributed by atoms with van der Waals surface area (Å²) >= 11 is 0. The third-order valence-corrected chi connectivity index (χ3v) is 15.3. The van der Waals surface area contributed by atoms with Crippen LogP contribution in [-0.4, -0.2) is 193 Å². The number of allylic oxidation sites excluding steroid dienone is 15. The lowest BCUT2D eigenvalue weighted by atomic mass is 9.96. The quantitative estimate of drug-likeness (QED) is 0.0217. The van der Waals surface area contributed by atoms with E-state index < -0.39 is 124 Å². The van der Waals surface area contributed by atoms with E-state index in [1.54, 1.807) is 6.08 Å². The van der Waals surface area contributed by atoms with Gasteiger partial charge in [0.2, 0.25) is 5.91 Å². The monoisotopic (exact) mass is 1210 g/mol. The van der Waals surface area contributed by atoms with Crippen molar-refractivity contribution in [2.45, 2.75) is 285 Å². The Hall–Kier alpha value is -3.29. The van der Waals surface area contributed by atoms with Gasteiger partial charge in [-0.05, 0) is 83.5 Å². The van der Waals surface area contributed by atoms with Crippen molar-refractivity contribution in [2.24, 2.45) is 0 Å². The molecule has 3 rings (SSSR count). The molecule has 1 amide bonds. The van der Waals surface area contributed by atoms with Crippen LogP contribution in [0.4, 0.5) is 0 Å². The van der Waals surface area contributed by atoms with Crippen molar-refractivity contribution in [2.75, 3.05) is 26.4 Å². The van der Waals surface area contributed by atoms with Crippen LogP contribution < -0.4 is 5.32 Å². The summed E-state index contributed by atoms with van der Waals surface area (Å²) in [4.78, 5) is 13.3. The van der Waals surface area contributed by atoms with E-state index in [1.807, 2.05) is 6.08 Å². The highest BCUT2D eigenvalue weighted by atomic mass is 16.8. The fourth-order valence-electron chi connectivity index (χ4n) is 10.1. The number of hydrogen-bond acceptors (Lipinski definition) is 18. The molecule has 0 aromatic rings. The van der Waals surface area contributed by atoms with Crippen molar-refractivity contribution in [3.8, 4) is 0 Å². The first-order chi connectivity index (χ1) is 41.3. The predicted octanol–water partition coefficient (Wildman–Crippen LogP) is 6.93. The third kappa shape index (κ3) is 30.7. The number of aliphatic hydroxyl groups is 11. The molecule has 17 unspecified atom stereocenters. The van der Waals surface area contributed by atoms with Crippen LogP contribution in [-0.2, 0) is 33.2 Å². The van der Waals surface area contributed by atoms with Crippen LogP contribution in [0.2, 0.25) is 0 Å². The molecule has 3 aliphatic rings. The maximum absolute atomic E-state index is 13.3. The number of hydrogen-bond donors (Lipinski definition) is 12. The molecule has 0 radical (unpaired) electrons. The maximum atomic E-state index is 13.3. The Balaban J connectivity index is 1.40. The molecule has 488 valence electrons. The Morgan fingerprint density at radius 2 is 0.824 bits per heavy atom. The number of carbonyl (C=O) groups excluding carboxylic acids is 1. The number of unbranched alkanes of at least 4 members (excludes halogenated alkanes) is 16. The molecule has 3 saturated heterocycles. The van der Waals surface area contributed by atoms with Crippen LogP contribution >= 0.6 is 0 Å². The second-order valence-electron chi connectivity index (χ2n) is 22.5. The van der Waals surface area contributed by atoms with E-state index in [0.29, 0.717) is 12.8 Å². The first-order valence-electron chi connectivity index (χ1n) is 32.0. The summed E-state index contributed by atoms with van der Waals surface area (Å²) in [7, 11) is 0. The standard InChI is InChI=1S/C66H111NO18/c1-3-5-7-9-11-13-15-16-17-18-19-20-21-22-23-24-25-26-27-28-29-30-31-32-34-36-38-40-42-44-54(72)67-49(50(71)43-41-39-37-35-33-14-12-10-8-6-4-2)48-80-64-60(78)57(75)62(52(46-69)82-64)85-66-61(79)58(76)63(53(47-70)83-66)84-65-59(77)56(74)55(73)51(45-68)81-65/h5,7-8,10-11,13,16-17,19-20,22-23,33,35,41,43,49-53,55-66,68-71,73-79H,3-4,6,9,12,14-15,18,21,24-32,34,36-40,42,44-48H2,1-2H3,(H,67,72)/b7-5-,10-8+,13-11-,17-16-,20-19-,23-22-,35-33+,43-41+. The summed E-state index contributed by atoms with van der Waals surface area (Å²) in [6, 6.07) is -1.00. The fourth-order valence-corrected chi connectivity index (χ4v) is 10.1. The van der Waals surface area contributed by atoms with Gasteiger partial charge in [-0.1, -0.05) is 188 Å². The van der Waals surface area contributed by atoms with Crippen LogP contribution in [0.1, 0.15) is 181 Å². The van der Waals surface area contributed by atoms with Crippen molar-refractivity contribution >= 4 is 5.91 Å². The van der Waals surface area contributed by atoms with Gasteiger partial charge in [0.25, 0.3) is 0 Å². The molecular weight excluding hydrogens is 1090 g/mol. The molecule has 0 bridgehead atoms. The molecule has 0 aromatic carbocycles. The number of aliphatic hydroxyl groups excluding tert-OH is 11. The van der Waals surface area contributed by atoms with E-state index in [4.69, 9.17) is 28.4 Å². The minimum absolute atomic E-state index is 0.224. The second kappa shape index (κ2) is 47.7. The first-order valence-corrected chi connectivity index (χ1v) is 32.0. The van der Waals surface area contributed by atoms with Gasteiger partial charge in [-0.25, -0.2) is 0 Å². The van der Waals surface area contributed by atoms with Gasteiger partial charge < -0.3 is 89.9 Å². The molecule has 3 aliphatic heterocycles. The van der Waals surface area contributed by atoms with Gasteiger partial charge in [0, 0.05) is 6.42 Å². The number of carbonyl (C=O) groups is 1.